The molecule has 112 valence electrons. The maximum absolute atomic E-state index is 3.74. The minimum atomic E-state index is 0.765. The Morgan fingerprint density at radius 1 is 1.11 bits per heavy atom. The van der Waals surface area contributed by atoms with Crippen molar-refractivity contribution in [1.82, 2.24) is 10.2 Å². The average Bonchev–Trinajstić information content (AvgIpc) is 3.15. The summed E-state index contributed by atoms with van der Waals surface area (Å²) >= 11 is 0. The van der Waals surface area contributed by atoms with E-state index in [1.807, 2.05) is 0 Å². The molecule has 0 aromatic carbocycles. The molecule has 1 N–H and O–H groups in total. The molecule has 2 fully saturated rings. The van der Waals surface area contributed by atoms with Crippen molar-refractivity contribution in [2.24, 2.45) is 23.7 Å². The molecule has 3 atom stereocenters. The molecule has 19 heavy (non-hydrogen) atoms. The Balaban J connectivity index is 1.86. The summed E-state index contributed by atoms with van der Waals surface area (Å²) in [6.07, 6.45) is 7.20. The molecule has 3 unspecified atom stereocenters. The third kappa shape index (κ3) is 4.75. The van der Waals surface area contributed by atoms with E-state index < -0.39 is 0 Å². The van der Waals surface area contributed by atoms with E-state index in [4.69, 9.17) is 0 Å². The first kappa shape index (κ1) is 15.3. The monoisotopic (exact) mass is 266 g/mol. The summed E-state index contributed by atoms with van der Waals surface area (Å²) in [5.41, 5.74) is 0. The van der Waals surface area contributed by atoms with Crippen molar-refractivity contribution >= 4 is 0 Å². The molecule has 2 heteroatoms. The predicted molar refractivity (Wildman–Crippen MR) is 83.4 cm³/mol. The van der Waals surface area contributed by atoms with E-state index >= 15 is 0 Å². The van der Waals surface area contributed by atoms with E-state index in [0.29, 0.717) is 0 Å². The average molecular weight is 266 g/mol. The fraction of sp³-hybridized carbons (Fsp3) is 1.00. The van der Waals surface area contributed by atoms with E-state index in [1.165, 1.54) is 45.2 Å². The van der Waals surface area contributed by atoms with Gasteiger partial charge in [0.1, 0.15) is 0 Å². The summed E-state index contributed by atoms with van der Waals surface area (Å²) in [7, 11) is 2.33. The van der Waals surface area contributed by atoms with Gasteiger partial charge in [-0.25, -0.2) is 0 Å². The Morgan fingerprint density at radius 2 is 1.84 bits per heavy atom. The van der Waals surface area contributed by atoms with Crippen LogP contribution in [0.3, 0.4) is 0 Å². The van der Waals surface area contributed by atoms with E-state index in [9.17, 15) is 0 Å². The second kappa shape index (κ2) is 7.08. The lowest BCUT2D eigenvalue weighted by atomic mass is 9.73. The first-order valence-electron chi connectivity index (χ1n) is 8.52. The van der Waals surface area contributed by atoms with Gasteiger partial charge in [0.25, 0.3) is 0 Å². The summed E-state index contributed by atoms with van der Waals surface area (Å²) in [5, 5.41) is 3.74. The molecule has 0 saturated heterocycles. The lowest BCUT2D eigenvalue weighted by Crippen LogP contribution is -2.46. The molecule has 0 heterocycles. The summed E-state index contributed by atoms with van der Waals surface area (Å²) in [6.45, 7) is 10.8. The summed E-state index contributed by atoms with van der Waals surface area (Å²) in [6, 6.07) is 0.765. The van der Waals surface area contributed by atoms with Crippen LogP contribution in [0.25, 0.3) is 0 Å². The molecule has 0 aromatic heterocycles. The topological polar surface area (TPSA) is 15.3 Å². The Bertz CT molecular complexity index is 260. The summed E-state index contributed by atoms with van der Waals surface area (Å²) < 4.78 is 0. The Kier molecular flexibility index (Phi) is 5.70. The molecule has 2 aliphatic rings. The zero-order chi connectivity index (χ0) is 13.8. The van der Waals surface area contributed by atoms with Gasteiger partial charge in [0.2, 0.25) is 0 Å². The fourth-order valence-corrected chi connectivity index (χ4v) is 3.85. The van der Waals surface area contributed by atoms with Gasteiger partial charge in [-0.3, -0.25) is 0 Å². The van der Waals surface area contributed by atoms with Gasteiger partial charge in [-0.15, -0.1) is 0 Å². The number of hydrogen-bond acceptors (Lipinski definition) is 2. The maximum atomic E-state index is 3.74. The highest BCUT2D eigenvalue weighted by atomic mass is 15.1. The van der Waals surface area contributed by atoms with Gasteiger partial charge >= 0.3 is 0 Å². The lowest BCUT2D eigenvalue weighted by Gasteiger charge is -2.40. The third-order valence-corrected chi connectivity index (χ3v) is 5.25. The second-order valence-electron chi connectivity index (χ2n) is 7.41. The van der Waals surface area contributed by atoms with Crippen LogP contribution >= 0.6 is 0 Å². The standard InChI is InChI=1S/C17H34N2/c1-5-18-17-9-8-15(13(2)3)10-16(17)12-19(4)11-14-6-7-14/h13-18H,5-12H2,1-4H3. The van der Waals surface area contributed by atoms with Crippen LogP contribution in [0.1, 0.15) is 52.9 Å². The number of rotatable bonds is 7. The van der Waals surface area contributed by atoms with Crippen molar-refractivity contribution in [2.45, 2.75) is 58.9 Å². The Morgan fingerprint density at radius 3 is 2.42 bits per heavy atom. The molecule has 2 rings (SSSR count). The zero-order valence-electron chi connectivity index (χ0n) is 13.5. The predicted octanol–water partition coefficient (Wildman–Crippen LogP) is 3.38. The fourth-order valence-electron chi connectivity index (χ4n) is 3.85. The van der Waals surface area contributed by atoms with E-state index in [-0.39, 0.29) is 0 Å². The van der Waals surface area contributed by atoms with Gasteiger partial charge in [0.15, 0.2) is 0 Å². The van der Waals surface area contributed by atoms with Crippen LogP contribution in [0.2, 0.25) is 0 Å². The van der Waals surface area contributed by atoms with Crippen LogP contribution in [0.5, 0.6) is 0 Å². The summed E-state index contributed by atoms with van der Waals surface area (Å²) in [5.74, 6) is 3.70. The van der Waals surface area contributed by atoms with Crippen LogP contribution < -0.4 is 5.32 Å². The van der Waals surface area contributed by atoms with Crippen LogP contribution in [0.15, 0.2) is 0 Å². The van der Waals surface area contributed by atoms with E-state index in [1.54, 1.807) is 0 Å². The molecule has 0 aromatic rings. The van der Waals surface area contributed by atoms with Gasteiger partial charge in [0.05, 0.1) is 0 Å². The quantitative estimate of drug-likeness (QED) is 0.760. The minimum absolute atomic E-state index is 0.765. The smallest absolute Gasteiger partial charge is 0.0108 e. The van der Waals surface area contributed by atoms with Gasteiger partial charge < -0.3 is 10.2 Å². The van der Waals surface area contributed by atoms with Gasteiger partial charge in [-0.05, 0) is 69.4 Å². The number of hydrogen-bond donors (Lipinski definition) is 1. The van der Waals surface area contributed by atoms with Crippen molar-refractivity contribution in [3.8, 4) is 0 Å². The van der Waals surface area contributed by atoms with Crippen LogP contribution in [-0.2, 0) is 0 Å². The van der Waals surface area contributed by atoms with E-state index in [0.717, 1.165) is 36.3 Å². The molecular weight excluding hydrogens is 232 g/mol. The van der Waals surface area contributed by atoms with Gasteiger partial charge in [0, 0.05) is 19.1 Å². The molecule has 0 aliphatic heterocycles. The minimum Gasteiger partial charge on any atom is -0.314 e. The molecule has 2 nitrogen and oxygen atoms in total. The molecule has 0 radical (unpaired) electrons. The lowest BCUT2D eigenvalue weighted by molar-refractivity contribution is 0.131. The normalized spacial score (nSPS) is 32.2. The van der Waals surface area contributed by atoms with Crippen molar-refractivity contribution < 1.29 is 0 Å². The van der Waals surface area contributed by atoms with Crippen molar-refractivity contribution in [3.63, 3.8) is 0 Å². The molecule has 2 aliphatic carbocycles. The molecule has 0 amide bonds. The number of nitrogens with one attached hydrogen (secondary N) is 1. The number of nitrogens with zero attached hydrogens (tertiary/aromatic N) is 1. The molecular formula is C17H34N2. The SMILES string of the molecule is CCNC1CCC(C(C)C)CC1CN(C)CC1CC1. The van der Waals surface area contributed by atoms with Crippen LogP contribution in [0.4, 0.5) is 0 Å². The maximum Gasteiger partial charge on any atom is 0.0108 e. The molecule has 2 saturated carbocycles. The highest BCUT2D eigenvalue weighted by Crippen LogP contribution is 2.35. The van der Waals surface area contributed by atoms with Crippen molar-refractivity contribution in [3.05, 3.63) is 0 Å². The highest BCUT2D eigenvalue weighted by molar-refractivity contribution is 4.88. The van der Waals surface area contributed by atoms with Gasteiger partial charge in [-0.1, -0.05) is 20.8 Å². The largest absolute Gasteiger partial charge is 0.314 e. The van der Waals surface area contributed by atoms with Crippen LogP contribution in [-0.4, -0.2) is 37.6 Å². The first-order valence-corrected chi connectivity index (χ1v) is 8.52. The third-order valence-electron chi connectivity index (χ3n) is 5.25. The van der Waals surface area contributed by atoms with Gasteiger partial charge in [-0.2, -0.15) is 0 Å². The van der Waals surface area contributed by atoms with Crippen molar-refractivity contribution in [1.29, 1.82) is 0 Å². The summed E-state index contributed by atoms with van der Waals surface area (Å²) in [4.78, 5) is 2.61. The zero-order valence-corrected chi connectivity index (χ0v) is 13.5. The molecule has 0 bridgehead atoms. The second-order valence-corrected chi connectivity index (χ2v) is 7.41. The Labute approximate surface area is 120 Å². The van der Waals surface area contributed by atoms with Crippen molar-refractivity contribution in [2.75, 3.05) is 26.7 Å². The van der Waals surface area contributed by atoms with Crippen LogP contribution in [0, 0.1) is 23.7 Å². The first-order chi connectivity index (χ1) is 9.10. The molecule has 0 spiro atoms. The Hall–Kier alpha value is -0.0800. The highest BCUT2D eigenvalue weighted by Gasteiger charge is 2.32. The van der Waals surface area contributed by atoms with E-state index in [2.05, 4.69) is 38.0 Å².